The number of hydrogen-bond donors (Lipinski definition) is 1. The van der Waals surface area contributed by atoms with Gasteiger partial charge in [-0.05, 0) is 63.8 Å². The molecule has 0 aliphatic heterocycles. The Bertz CT molecular complexity index is 1970. The summed E-state index contributed by atoms with van der Waals surface area (Å²) in [5.41, 5.74) is -3.05. The van der Waals surface area contributed by atoms with Crippen LogP contribution in [0.4, 0.5) is 13.2 Å². The van der Waals surface area contributed by atoms with E-state index in [9.17, 15) is 36.0 Å². The second kappa shape index (κ2) is 20.1. The molecule has 1 N–H and O–H groups in total. The average molecular weight is 765 g/mol. The molecule has 0 fully saturated rings. The molecule has 14 nitrogen and oxygen atoms in total. The fourth-order valence-electron chi connectivity index (χ4n) is 4.46. The topological polar surface area (TPSA) is 186 Å². The van der Waals surface area contributed by atoms with Gasteiger partial charge in [-0.15, -0.1) is 0 Å². The standard InChI is InChI=1S/C18H19F3N2O6S.C17H20N2O4/c1-3-28-17(24)13-8-6-12(7-9-13)15-16(29-30(25,26)18(19,20)21)22-11-14(23-15)5-4-10-27-2;1-3-23-17(21)13-8-6-12(7-9-13)15-16(20)18-11-14(19-15)5-4-10-22-2/h6-9,11H,3-5,10H2,1-2H3;6-9,11H,3-5,10H2,1-2H3,(H,18,20). The van der Waals surface area contributed by atoms with Gasteiger partial charge in [-0.25, -0.2) is 24.5 Å². The molecule has 0 aliphatic carbocycles. The molecular weight excluding hydrogens is 725 g/mol. The lowest BCUT2D eigenvalue weighted by atomic mass is 10.1. The highest BCUT2D eigenvalue weighted by Gasteiger charge is 2.49. The Hall–Kier alpha value is -5.20. The number of carbonyl (C=O) groups is 2. The van der Waals surface area contributed by atoms with Crippen molar-refractivity contribution in [2.45, 2.75) is 45.0 Å². The average Bonchev–Trinajstić information content (AvgIpc) is 3.13. The zero-order chi connectivity index (χ0) is 39.0. The van der Waals surface area contributed by atoms with E-state index < -0.39 is 27.5 Å². The molecule has 0 atom stereocenters. The molecular formula is C35H39F3N4O10S. The van der Waals surface area contributed by atoms with Crippen LogP contribution in [0.3, 0.4) is 0 Å². The molecule has 0 aliphatic rings. The van der Waals surface area contributed by atoms with Crippen LogP contribution in [0.2, 0.25) is 0 Å². The van der Waals surface area contributed by atoms with Gasteiger partial charge in [0.05, 0.1) is 41.9 Å². The number of nitrogens with one attached hydrogen (secondary N) is 1. The number of esters is 2. The van der Waals surface area contributed by atoms with Gasteiger partial charge in [-0.2, -0.15) is 21.6 Å². The Labute approximate surface area is 303 Å². The second-order valence-corrected chi connectivity index (χ2v) is 12.4. The summed E-state index contributed by atoms with van der Waals surface area (Å²) in [5.74, 6) is -1.79. The summed E-state index contributed by atoms with van der Waals surface area (Å²) in [5, 5.41) is 0. The predicted octanol–water partition coefficient (Wildman–Crippen LogP) is 5.32. The van der Waals surface area contributed by atoms with Crippen molar-refractivity contribution in [3.8, 4) is 28.4 Å². The lowest BCUT2D eigenvalue weighted by Gasteiger charge is -2.13. The fourth-order valence-corrected chi connectivity index (χ4v) is 4.88. The van der Waals surface area contributed by atoms with Crippen LogP contribution in [0.25, 0.3) is 22.5 Å². The molecule has 0 spiro atoms. The number of aryl methyl sites for hydroxylation is 2. The Morgan fingerprint density at radius 3 is 1.70 bits per heavy atom. The van der Waals surface area contributed by atoms with Gasteiger partial charge in [0.25, 0.3) is 11.4 Å². The van der Waals surface area contributed by atoms with E-state index in [0.29, 0.717) is 55.2 Å². The smallest absolute Gasteiger partial charge is 0.462 e. The minimum atomic E-state index is -5.94. The van der Waals surface area contributed by atoms with E-state index >= 15 is 0 Å². The Morgan fingerprint density at radius 1 is 0.755 bits per heavy atom. The first kappa shape index (κ1) is 42.2. The van der Waals surface area contributed by atoms with Gasteiger partial charge in [0.2, 0.25) is 0 Å². The van der Waals surface area contributed by atoms with Gasteiger partial charge in [-0.1, -0.05) is 24.3 Å². The van der Waals surface area contributed by atoms with Crippen LogP contribution < -0.4 is 9.74 Å². The first-order chi connectivity index (χ1) is 25.2. The molecule has 286 valence electrons. The molecule has 0 unspecified atom stereocenters. The number of nitrogens with zero attached hydrogens (tertiary/aromatic N) is 3. The first-order valence-corrected chi connectivity index (χ1v) is 17.6. The SMILES string of the molecule is CCOC(=O)c1ccc(-c2nc(CCCOC)c[nH]c2=O)cc1.CCOC(=O)c1ccc(-c2nc(CCCOC)cnc2OS(=O)(=O)C(F)(F)F)cc1. The van der Waals surface area contributed by atoms with E-state index in [1.54, 1.807) is 51.4 Å². The molecule has 0 saturated carbocycles. The highest BCUT2D eigenvalue weighted by molar-refractivity contribution is 7.88. The maximum atomic E-state index is 12.7. The van der Waals surface area contributed by atoms with Crippen LogP contribution >= 0.6 is 0 Å². The lowest BCUT2D eigenvalue weighted by Crippen LogP contribution is -2.28. The highest BCUT2D eigenvalue weighted by Crippen LogP contribution is 2.32. The number of ether oxygens (including phenoxy) is 4. The quantitative estimate of drug-likeness (QED) is 0.0670. The van der Waals surface area contributed by atoms with E-state index in [2.05, 4.69) is 24.1 Å². The minimum absolute atomic E-state index is 0.170. The molecule has 0 bridgehead atoms. The highest BCUT2D eigenvalue weighted by atomic mass is 32.2. The number of aromatic nitrogens is 4. The lowest BCUT2D eigenvalue weighted by molar-refractivity contribution is -0.0501. The molecule has 53 heavy (non-hydrogen) atoms. The Morgan fingerprint density at radius 2 is 1.23 bits per heavy atom. The van der Waals surface area contributed by atoms with Crippen molar-refractivity contribution in [2.75, 3.05) is 40.6 Å². The summed E-state index contributed by atoms with van der Waals surface area (Å²) < 4.78 is 85.0. The minimum Gasteiger partial charge on any atom is -0.462 e. The zero-order valence-corrected chi connectivity index (χ0v) is 30.2. The predicted molar refractivity (Wildman–Crippen MR) is 186 cm³/mol. The third-order valence-corrected chi connectivity index (χ3v) is 7.95. The van der Waals surface area contributed by atoms with E-state index in [0.717, 1.165) is 24.7 Å². The molecule has 0 saturated heterocycles. The van der Waals surface area contributed by atoms with Crippen molar-refractivity contribution in [1.29, 1.82) is 0 Å². The maximum Gasteiger partial charge on any atom is 0.534 e. The molecule has 4 aromatic rings. The van der Waals surface area contributed by atoms with Crippen LogP contribution in [0.1, 0.15) is 58.8 Å². The Balaban J connectivity index is 0.000000295. The van der Waals surface area contributed by atoms with Gasteiger partial charge < -0.3 is 28.1 Å². The molecule has 0 amide bonds. The third-order valence-electron chi connectivity index (χ3n) is 7.00. The number of aromatic amines is 1. The van der Waals surface area contributed by atoms with E-state index in [-0.39, 0.29) is 35.0 Å². The maximum absolute atomic E-state index is 12.7. The summed E-state index contributed by atoms with van der Waals surface area (Å²) >= 11 is 0. The molecule has 2 aromatic heterocycles. The number of carbonyl (C=O) groups excluding carboxylic acids is 2. The number of alkyl halides is 3. The van der Waals surface area contributed by atoms with Crippen molar-refractivity contribution in [3.63, 3.8) is 0 Å². The van der Waals surface area contributed by atoms with E-state index in [1.165, 1.54) is 31.4 Å². The van der Waals surface area contributed by atoms with Gasteiger partial charge >= 0.3 is 27.6 Å². The van der Waals surface area contributed by atoms with Crippen molar-refractivity contribution >= 4 is 22.1 Å². The normalized spacial score (nSPS) is 11.3. The van der Waals surface area contributed by atoms with Gasteiger partial charge in [0.1, 0.15) is 11.4 Å². The Kier molecular flexibility index (Phi) is 16.0. The zero-order valence-electron chi connectivity index (χ0n) is 29.4. The van der Waals surface area contributed by atoms with Crippen LogP contribution in [0.15, 0.2) is 65.7 Å². The number of methoxy groups -OCH3 is 2. The number of hydrogen-bond acceptors (Lipinski definition) is 13. The van der Waals surface area contributed by atoms with Gasteiger partial charge in [0, 0.05) is 44.8 Å². The summed E-state index contributed by atoms with van der Waals surface area (Å²) in [7, 11) is -2.78. The van der Waals surface area contributed by atoms with Gasteiger partial charge in [0.15, 0.2) is 0 Å². The second-order valence-electron chi connectivity index (χ2n) is 10.9. The first-order valence-electron chi connectivity index (χ1n) is 16.2. The monoisotopic (exact) mass is 764 g/mol. The molecule has 4 rings (SSSR count). The van der Waals surface area contributed by atoms with E-state index in [4.69, 9.17) is 18.9 Å². The van der Waals surface area contributed by atoms with Crippen molar-refractivity contribution in [2.24, 2.45) is 0 Å². The number of benzene rings is 2. The van der Waals surface area contributed by atoms with Crippen LogP contribution in [-0.4, -0.2) is 86.4 Å². The summed E-state index contributed by atoms with van der Waals surface area (Å²) in [4.78, 5) is 50.4. The fraction of sp³-hybridized carbons (Fsp3) is 0.371. The van der Waals surface area contributed by atoms with Crippen LogP contribution in [0.5, 0.6) is 5.88 Å². The van der Waals surface area contributed by atoms with Crippen LogP contribution in [0, 0.1) is 0 Å². The van der Waals surface area contributed by atoms with Crippen LogP contribution in [-0.2, 0) is 41.9 Å². The molecule has 2 aromatic carbocycles. The molecule has 0 radical (unpaired) electrons. The van der Waals surface area contributed by atoms with Crippen molar-refractivity contribution in [1.82, 2.24) is 19.9 Å². The van der Waals surface area contributed by atoms with Crippen molar-refractivity contribution in [3.05, 3.63) is 93.8 Å². The molecule has 2 heterocycles. The number of halogens is 3. The third kappa shape index (κ3) is 12.5. The van der Waals surface area contributed by atoms with Gasteiger partial charge in [-0.3, -0.25) is 4.79 Å². The summed E-state index contributed by atoms with van der Waals surface area (Å²) in [6.45, 7) is 4.96. The number of rotatable bonds is 16. The number of H-pyrrole nitrogens is 1. The summed E-state index contributed by atoms with van der Waals surface area (Å²) in [6, 6.07) is 12.2. The van der Waals surface area contributed by atoms with E-state index in [1.807, 2.05) is 0 Å². The largest absolute Gasteiger partial charge is 0.534 e. The molecule has 18 heteroatoms. The van der Waals surface area contributed by atoms with Crippen molar-refractivity contribution < 1.29 is 54.3 Å². The summed E-state index contributed by atoms with van der Waals surface area (Å²) in [6.07, 6.45) is 5.26.